The highest BCUT2D eigenvalue weighted by atomic mass is 32.2. The lowest BCUT2D eigenvalue weighted by Gasteiger charge is -2.31. The second-order valence-electron chi connectivity index (χ2n) is 8.75. The second-order valence-corrected chi connectivity index (χ2v) is 10.7. The Labute approximate surface area is 196 Å². The first-order valence-corrected chi connectivity index (χ1v) is 12.8. The minimum atomic E-state index is -3.54. The van der Waals surface area contributed by atoms with Gasteiger partial charge in [-0.3, -0.25) is 4.79 Å². The summed E-state index contributed by atoms with van der Waals surface area (Å²) in [6.07, 6.45) is 1.01. The van der Waals surface area contributed by atoms with E-state index in [9.17, 15) is 13.2 Å². The lowest BCUT2D eigenvalue weighted by Crippen LogP contribution is -2.43. The van der Waals surface area contributed by atoms with Crippen LogP contribution in [0.4, 0.5) is 0 Å². The van der Waals surface area contributed by atoms with Crippen LogP contribution in [0.15, 0.2) is 83.8 Å². The highest BCUT2D eigenvalue weighted by Crippen LogP contribution is 2.27. The summed E-state index contributed by atoms with van der Waals surface area (Å²) in [5.74, 6) is -0.247. The summed E-state index contributed by atoms with van der Waals surface area (Å²) in [6.45, 7) is 4.65. The molecule has 172 valence electrons. The fourth-order valence-electron chi connectivity index (χ4n) is 4.24. The molecule has 6 heteroatoms. The molecule has 0 radical (unpaired) electrons. The average molecular weight is 463 g/mol. The maximum Gasteiger partial charge on any atom is 0.243 e. The van der Waals surface area contributed by atoms with Gasteiger partial charge in [0.15, 0.2) is 0 Å². The Balaban J connectivity index is 1.45. The number of amides is 1. The van der Waals surface area contributed by atoms with Gasteiger partial charge in [0.2, 0.25) is 15.9 Å². The standard InChI is InChI=1S/C27H30N2O3S/c1-20-8-12-23(13-9-20)26(22-6-4-3-5-7-22)28-27(30)24-16-18-29(19-17-24)33(31,32)25-14-10-21(2)11-15-25/h3-15,24,26H,16-19H2,1-2H3,(H,28,30)/t26-/m0/s1. The van der Waals surface area contributed by atoms with Crippen molar-refractivity contribution in [3.05, 3.63) is 101 Å². The van der Waals surface area contributed by atoms with Crippen molar-refractivity contribution in [1.82, 2.24) is 9.62 Å². The van der Waals surface area contributed by atoms with Crippen LogP contribution in [-0.2, 0) is 14.8 Å². The SMILES string of the molecule is Cc1ccc([C@@H](NC(=O)C2CCN(S(=O)(=O)c3ccc(C)cc3)CC2)c2ccccc2)cc1. The summed E-state index contributed by atoms with van der Waals surface area (Å²) < 4.78 is 27.4. The summed E-state index contributed by atoms with van der Waals surface area (Å²) in [6, 6.07) is 24.8. The van der Waals surface area contributed by atoms with Crippen LogP contribution in [0.2, 0.25) is 0 Å². The van der Waals surface area contributed by atoms with E-state index in [0.717, 1.165) is 16.7 Å². The van der Waals surface area contributed by atoms with Gasteiger partial charge in [-0.2, -0.15) is 4.31 Å². The van der Waals surface area contributed by atoms with Gasteiger partial charge in [-0.25, -0.2) is 8.42 Å². The van der Waals surface area contributed by atoms with Crippen molar-refractivity contribution in [2.45, 2.75) is 37.6 Å². The van der Waals surface area contributed by atoms with E-state index in [-0.39, 0.29) is 17.9 Å². The van der Waals surface area contributed by atoms with E-state index >= 15 is 0 Å². The first kappa shape index (κ1) is 23.2. The molecule has 0 aromatic heterocycles. The fraction of sp³-hybridized carbons (Fsp3) is 0.296. The summed E-state index contributed by atoms with van der Waals surface area (Å²) in [4.78, 5) is 13.5. The zero-order valence-corrected chi connectivity index (χ0v) is 19.9. The minimum absolute atomic E-state index is 0.0307. The largest absolute Gasteiger partial charge is 0.345 e. The van der Waals surface area contributed by atoms with Crippen LogP contribution in [0.25, 0.3) is 0 Å². The third kappa shape index (κ3) is 5.34. The summed E-state index contributed by atoms with van der Waals surface area (Å²) >= 11 is 0. The Bertz CT molecular complexity index is 1180. The van der Waals surface area contributed by atoms with Crippen molar-refractivity contribution < 1.29 is 13.2 Å². The summed E-state index contributed by atoms with van der Waals surface area (Å²) in [7, 11) is -3.54. The first-order valence-electron chi connectivity index (χ1n) is 11.3. The number of carbonyl (C=O) groups is 1. The third-order valence-corrected chi connectivity index (χ3v) is 8.23. The molecule has 1 heterocycles. The maximum absolute atomic E-state index is 13.2. The highest BCUT2D eigenvalue weighted by molar-refractivity contribution is 7.89. The third-order valence-electron chi connectivity index (χ3n) is 6.31. The minimum Gasteiger partial charge on any atom is -0.345 e. The van der Waals surface area contributed by atoms with Crippen LogP contribution in [-0.4, -0.2) is 31.7 Å². The topological polar surface area (TPSA) is 66.5 Å². The van der Waals surface area contributed by atoms with Gasteiger partial charge in [-0.05, 0) is 49.9 Å². The number of carbonyl (C=O) groups excluding carboxylic acids is 1. The zero-order valence-electron chi connectivity index (χ0n) is 19.1. The van der Waals surface area contributed by atoms with E-state index in [0.29, 0.717) is 30.8 Å². The van der Waals surface area contributed by atoms with E-state index in [1.54, 1.807) is 12.1 Å². The monoisotopic (exact) mass is 462 g/mol. The van der Waals surface area contributed by atoms with E-state index in [1.165, 1.54) is 9.87 Å². The molecule has 0 aliphatic carbocycles. The quantitative estimate of drug-likeness (QED) is 0.582. The summed E-state index contributed by atoms with van der Waals surface area (Å²) in [5, 5.41) is 3.22. The molecule has 1 fully saturated rings. The Morgan fingerprint density at radius 3 is 1.91 bits per heavy atom. The molecular formula is C27H30N2O3S. The van der Waals surface area contributed by atoms with Crippen LogP contribution in [0, 0.1) is 19.8 Å². The van der Waals surface area contributed by atoms with Crippen molar-refractivity contribution in [2.75, 3.05) is 13.1 Å². The van der Waals surface area contributed by atoms with Gasteiger partial charge in [0, 0.05) is 19.0 Å². The predicted octanol–water partition coefficient (Wildman–Crippen LogP) is 4.61. The molecule has 0 unspecified atom stereocenters. The van der Waals surface area contributed by atoms with E-state index < -0.39 is 10.0 Å². The molecule has 5 nitrogen and oxygen atoms in total. The molecule has 0 bridgehead atoms. The molecule has 3 aromatic carbocycles. The van der Waals surface area contributed by atoms with Gasteiger partial charge >= 0.3 is 0 Å². The number of nitrogens with zero attached hydrogens (tertiary/aromatic N) is 1. The van der Waals surface area contributed by atoms with Crippen molar-refractivity contribution in [3.63, 3.8) is 0 Å². The molecular weight excluding hydrogens is 432 g/mol. The van der Waals surface area contributed by atoms with Gasteiger partial charge in [0.1, 0.15) is 0 Å². The molecule has 1 aliphatic rings. The van der Waals surface area contributed by atoms with Crippen molar-refractivity contribution in [3.8, 4) is 0 Å². The average Bonchev–Trinajstić information content (AvgIpc) is 2.84. The Hall–Kier alpha value is -2.96. The van der Waals surface area contributed by atoms with E-state index in [1.807, 2.05) is 80.6 Å². The lowest BCUT2D eigenvalue weighted by molar-refractivity contribution is -0.126. The van der Waals surface area contributed by atoms with Gasteiger partial charge in [0.25, 0.3) is 0 Å². The first-order chi connectivity index (χ1) is 15.8. The second kappa shape index (κ2) is 9.89. The molecule has 1 atom stereocenters. The molecule has 1 saturated heterocycles. The van der Waals surface area contributed by atoms with Gasteiger partial charge in [-0.15, -0.1) is 0 Å². The van der Waals surface area contributed by atoms with E-state index in [4.69, 9.17) is 0 Å². The lowest BCUT2D eigenvalue weighted by atomic mass is 9.94. The van der Waals surface area contributed by atoms with Gasteiger partial charge in [0.05, 0.1) is 10.9 Å². The molecule has 1 aliphatic heterocycles. The Morgan fingerprint density at radius 2 is 1.33 bits per heavy atom. The molecule has 1 N–H and O–H groups in total. The fourth-order valence-corrected chi connectivity index (χ4v) is 5.71. The number of hydrogen-bond acceptors (Lipinski definition) is 3. The number of aryl methyl sites for hydroxylation is 2. The highest BCUT2D eigenvalue weighted by Gasteiger charge is 2.33. The van der Waals surface area contributed by atoms with Crippen molar-refractivity contribution in [1.29, 1.82) is 0 Å². The number of benzene rings is 3. The zero-order chi connectivity index (χ0) is 23.4. The Kier molecular flexibility index (Phi) is 6.96. The number of rotatable bonds is 6. The van der Waals surface area contributed by atoms with Crippen molar-refractivity contribution >= 4 is 15.9 Å². The molecule has 0 spiro atoms. The van der Waals surface area contributed by atoms with Crippen LogP contribution < -0.4 is 5.32 Å². The molecule has 3 aromatic rings. The number of hydrogen-bond donors (Lipinski definition) is 1. The number of nitrogens with one attached hydrogen (secondary N) is 1. The molecule has 33 heavy (non-hydrogen) atoms. The molecule has 0 saturated carbocycles. The predicted molar refractivity (Wildman–Crippen MR) is 130 cm³/mol. The van der Waals surface area contributed by atoms with Crippen molar-refractivity contribution in [2.24, 2.45) is 5.92 Å². The smallest absolute Gasteiger partial charge is 0.243 e. The molecule has 4 rings (SSSR count). The van der Waals surface area contributed by atoms with Crippen LogP contribution in [0.3, 0.4) is 0 Å². The van der Waals surface area contributed by atoms with E-state index in [2.05, 4.69) is 5.32 Å². The van der Waals surface area contributed by atoms with Crippen LogP contribution >= 0.6 is 0 Å². The van der Waals surface area contributed by atoms with Crippen LogP contribution in [0.5, 0.6) is 0 Å². The summed E-state index contributed by atoms with van der Waals surface area (Å²) in [5.41, 5.74) is 4.23. The van der Waals surface area contributed by atoms with Gasteiger partial charge in [-0.1, -0.05) is 77.9 Å². The maximum atomic E-state index is 13.2. The number of piperidine rings is 1. The van der Waals surface area contributed by atoms with Gasteiger partial charge < -0.3 is 5.32 Å². The molecule has 1 amide bonds. The van der Waals surface area contributed by atoms with Crippen LogP contribution in [0.1, 0.15) is 41.1 Å². The number of sulfonamides is 1. The normalized spacial score (nSPS) is 16.3. The Morgan fingerprint density at radius 1 is 0.818 bits per heavy atom.